The second-order valence-corrected chi connectivity index (χ2v) is 4.70. The zero-order chi connectivity index (χ0) is 14.7. The minimum Gasteiger partial charge on any atom is -0.496 e. The molecule has 0 radical (unpaired) electrons. The summed E-state index contributed by atoms with van der Waals surface area (Å²) in [6, 6.07) is 6.46. The van der Waals surface area contributed by atoms with Crippen LogP contribution in [0.4, 0.5) is 0 Å². The van der Waals surface area contributed by atoms with Crippen LogP contribution in [0.3, 0.4) is 0 Å². The first kappa shape index (κ1) is 14.3. The van der Waals surface area contributed by atoms with Gasteiger partial charge in [0.2, 0.25) is 0 Å². The molecule has 2 rings (SSSR count). The van der Waals surface area contributed by atoms with Crippen molar-refractivity contribution in [2.45, 2.75) is 0 Å². The van der Waals surface area contributed by atoms with E-state index < -0.39 is 5.97 Å². The average molecular weight is 339 g/mol. The summed E-state index contributed by atoms with van der Waals surface area (Å²) in [7, 11) is 2.75. The Morgan fingerprint density at radius 3 is 2.60 bits per heavy atom. The van der Waals surface area contributed by atoms with E-state index >= 15 is 0 Å². The molecule has 0 atom stereocenters. The highest BCUT2D eigenvalue weighted by Gasteiger charge is 2.18. The number of benzene rings is 1. The number of methoxy groups -OCH3 is 2. The molecule has 20 heavy (non-hydrogen) atoms. The Morgan fingerprint density at radius 1 is 1.30 bits per heavy atom. The number of halogens is 1. The molecule has 0 unspecified atom stereocenters. The van der Waals surface area contributed by atoms with E-state index in [0.717, 1.165) is 0 Å². The Bertz CT molecular complexity index is 660. The van der Waals surface area contributed by atoms with Gasteiger partial charge in [0.05, 0.1) is 14.2 Å². The standard InChI is InChI=1S/C14H11BrO5/c1-18-13-6-9(12-4-3-8(7-16)20-12)11(15)5-10(13)14(17)19-2/h3-7H,1-2H3. The fourth-order valence-electron chi connectivity index (χ4n) is 1.74. The zero-order valence-corrected chi connectivity index (χ0v) is 12.4. The summed E-state index contributed by atoms with van der Waals surface area (Å²) in [6.45, 7) is 0. The quantitative estimate of drug-likeness (QED) is 0.632. The lowest BCUT2D eigenvalue weighted by Gasteiger charge is -2.10. The Kier molecular flexibility index (Phi) is 4.24. The molecule has 2 aromatic rings. The molecule has 1 heterocycles. The van der Waals surface area contributed by atoms with E-state index in [1.165, 1.54) is 14.2 Å². The maximum atomic E-state index is 11.7. The summed E-state index contributed by atoms with van der Waals surface area (Å²) in [5.41, 5.74) is 0.968. The second kappa shape index (κ2) is 5.92. The predicted octanol–water partition coefficient (Wildman–Crippen LogP) is 3.32. The zero-order valence-electron chi connectivity index (χ0n) is 10.8. The van der Waals surface area contributed by atoms with Crippen molar-refractivity contribution in [2.75, 3.05) is 14.2 Å². The van der Waals surface area contributed by atoms with Gasteiger partial charge in [-0.1, -0.05) is 15.9 Å². The minimum atomic E-state index is -0.498. The average Bonchev–Trinajstić information content (AvgIpc) is 2.94. The number of hydrogen-bond donors (Lipinski definition) is 0. The first-order valence-corrected chi connectivity index (χ1v) is 6.41. The Morgan fingerprint density at radius 2 is 2.05 bits per heavy atom. The predicted molar refractivity (Wildman–Crippen MR) is 75.1 cm³/mol. The molecule has 0 aliphatic heterocycles. The maximum absolute atomic E-state index is 11.7. The van der Waals surface area contributed by atoms with Gasteiger partial charge in [0.1, 0.15) is 17.1 Å². The summed E-state index contributed by atoms with van der Waals surface area (Å²) in [5.74, 6) is 0.581. The summed E-state index contributed by atoms with van der Waals surface area (Å²) < 4.78 is 15.9. The van der Waals surface area contributed by atoms with Gasteiger partial charge in [-0.25, -0.2) is 4.79 Å². The van der Waals surface area contributed by atoms with Gasteiger partial charge in [0.25, 0.3) is 0 Å². The largest absolute Gasteiger partial charge is 0.496 e. The molecule has 0 saturated heterocycles. The lowest BCUT2D eigenvalue weighted by molar-refractivity contribution is 0.0597. The van der Waals surface area contributed by atoms with Gasteiger partial charge in [0.15, 0.2) is 12.0 Å². The van der Waals surface area contributed by atoms with Crippen molar-refractivity contribution in [3.8, 4) is 17.1 Å². The lowest BCUT2D eigenvalue weighted by Crippen LogP contribution is -2.04. The molecule has 1 aromatic heterocycles. The molecular weight excluding hydrogens is 328 g/mol. The molecule has 5 nitrogen and oxygen atoms in total. The topological polar surface area (TPSA) is 65.7 Å². The van der Waals surface area contributed by atoms with E-state index in [-0.39, 0.29) is 5.76 Å². The van der Waals surface area contributed by atoms with Crippen LogP contribution in [0.1, 0.15) is 20.9 Å². The van der Waals surface area contributed by atoms with E-state index in [2.05, 4.69) is 15.9 Å². The number of carbonyl (C=O) groups excluding carboxylic acids is 2. The third kappa shape index (κ3) is 2.60. The number of rotatable bonds is 4. The van der Waals surface area contributed by atoms with Gasteiger partial charge in [-0.3, -0.25) is 4.79 Å². The number of aldehydes is 1. The molecule has 104 valence electrons. The van der Waals surface area contributed by atoms with Crippen molar-refractivity contribution < 1.29 is 23.5 Å². The normalized spacial score (nSPS) is 10.2. The van der Waals surface area contributed by atoms with Crippen molar-refractivity contribution in [3.05, 3.63) is 40.1 Å². The SMILES string of the molecule is COC(=O)c1cc(Br)c(-c2ccc(C=O)o2)cc1OC. The van der Waals surface area contributed by atoms with Crippen LogP contribution >= 0.6 is 15.9 Å². The first-order chi connectivity index (χ1) is 9.60. The van der Waals surface area contributed by atoms with E-state index in [9.17, 15) is 9.59 Å². The molecule has 6 heteroatoms. The van der Waals surface area contributed by atoms with Crippen LogP contribution in [0.2, 0.25) is 0 Å². The fourth-order valence-corrected chi connectivity index (χ4v) is 2.28. The Labute approximate surface area is 123 Å². The second-order valence-electron chi connectivity index (χ2n) is 3.84. The molecule has 0 aliphatic rings. The molecule has 0 bridgehead atoms. The third-order valence-corrected chi connectivity index (χ3v) is 3.36. The number of carbonyl (C=O) groups is 2. The Hall–Kier alpha value is -2.08. The van der Waals surface area contributed by atoms with Crippen molar-refractivity contribution in [1.82, 2.24) is 0 Å². The fraction of sp³-hybridized carbons (Fsp3) is 0.143. The van der Waals surface area contributed by atoms with Crippen molar-refractivity contribution >= 4 is 28.2 Å². The van der Waals surface area contributed by atoms with Crippen molar-refractivity contribution in [2.24, 2.45) is 0 Å². The van der Waals surface area contributed by atoms with E-state index in [1.54, 1.807) is 24.3 Å². The van der Waals surface area contributed by atoms with Gasteiger partial charge in [-0.2, -0.15) is 0 Å². The third-order valence-electron chi connectivity index (χ3n) is 2.70. The van der Waals surface area contributed by atoms with Crippen LogP contribution in [-0.2, 0) is 4.74 Å². The van der Waals surface area contributed by atoms with Crippen LogP contribution in [0.25, 0.3) is 11.3 Å². The molecule has 0 N–H and O–H groups in total. The number of furan rings is 1. The summed E-state index contributed by atoms with van der Waals surface area (Å²) in [5, 5.41) is 0. The molecule has 0 amide bonds. The molecule has 1 aromatic carbocycles. The van der Waals surface area contributed by atoms with Crippen molar-refractivity contribution in [3.63, 3.8) is 0 Å². The van der Waals surface area contributed by atoms with Crippen LogP contribution < -0.4 is 4.74 Å². The van der Waals surface area contributed by atoms with E-state index in [0.29, 0.717) is 33.4 Å². The molecule has 0 fully saturated rings. The van der Waals surface area contributed by atoms with Gasteiger partial charge >= 0.3 is 5.97 Å². The minimum absolute atomic E-state index is 0.225. The number of hydrogen-bond acceptors (Lipinski definition) is 5. The van der Waals surface area contributed by atoms with Crippen LogP contribution in [0, 0.1) is 0 Å². The van der Waals surface area contributed by atoms with E-state index in [1.807, 2.05) is 0 Å². The molecular formula is C14H11BrO5. The lowest BCUT2D eigenvalue weighted by atomic mass is 10.1. The highest BCUT2D eigenvalue weighted by atomic mass is 79.9. The highest BCUT2D eigenvalue weighted by Crippen LogP contribution is 2.35. The monoisotopic (exact) mass is 338 g/mol. The summed E-state index contributed by atoms with van der Waals surface area (Å²) in [4.78, 5) is 22.3. The van der Waals surface area contributed by atoms with E-state index in [4.69, 9.17) is 13.9 Å². The highest BCUT2D eigenvalue weighted by molar-refractivity contribution is 9.10. The Balaban J connectivity index is 2.55. The maximum Gasteiger partial charge on any atom is 0.341 e. The molecule has 0 spiro atoms. The van der Waals surface area contributed by atoms with Gasteiger partial charge < -0.3 is 13.9 Å². The summed E-state index contributed by atoms with van der Waals surface area (Å²) in [6.07, 6.45) is 0.622. The van der Waals surface area contributed by atoms with Crippen LogP contribution in [0.5, 0.6) is 5.75 Å². The summed E-state index contributed by atoms with van der Waals surface area (Å²) >= 11 is 3.36. The van der Waals surface area contributed by atoms with Gasteiger partial charge in [0, 0.05) is 10.0 Å². The van der Waals surface area contributed by atoms with Gasteiger partial charge in [-0.15, -0.1) is 0 Å². The first-order valence-electron chi connectivity index (χ1n) is 5.62. The molecule has 0 saturated carbocycles. The van der Waals surface area contributed by atoms with Gasteiger partial charge in [-0.05, 0) is 24.3 Å². The number of ether oxygens (including phenoxy) is 2. The van der Waals surface area contributed by atoms with Crippen LogP contribution in [-0.4, -0.2) is 26.5 Å². The van der Waals surface area contributed by atoms with Crippen molar-refractivity contribution in [1.29, 1.82) is 0 Å². The van der Waals surface area contributed by atoms with Crippen LogP contribution in [0.15, 0.2) is 33.2 Å². The molecule has 0 aliphatic carbocycles. The smallest absolute Gasteiger partial charge is 0.341 e. The number of esters is 1.